The predicted molar refractivity (Wildman–Crippen MR) is 150 cm³/mol. The minimum atomic E-state index is -4.22. The molecule has 6 rings (SSSR count). The van der Waals surface area contributed by atoms with Crippen LogP contribution in [0.5, 0.6) is 5.75 Å². The van der Waals surface area contributed by atoms with Gasteiger partial charge in [-0.3, -0.25) is 4.79 Å². The molecule has 0 spiro atoms. The zero-order valence-electron chi connectivity index (χ0n) is 21.0. The number of hydrogen-bond acceptors (Lipinski definition) is 8. The van der Waals surface area contributed by atoms with Crippen LogP contribution in [-0.4, -0.2) is 62.3 Å². The highest BCUT2D eigenvalue weighted by molar-refractivity contribution is 7.90. The maximum atomic E-state index is 13.2. The van der Waals surface area contributed by atoms with Gasteiger partial charge in [-0.2, -0.15) is 21.9 Å². The number of ether oxygens (including phenoxy) is 1. The molecule has 3 atom stereocenters. The number of benzene rings is 1. The van der Waals surface area contributed by atoms with Crippen LogP contribution < -0.4 is 19.3 Å². The molecule has 2 aliphatic carbocycles. The van der Waals surface area contributed by atoms with Gasteiger partial charge in [0.15, 0.2) is 10.6 Å². The van der Waals surface area contributed by atoms with E-state index in [1.165, 1.54) is 25.3 Å². The van der Waals surface area contributed by atoms with Crippen molar-refractivity contribution in [1.82, 2.24) is 9.71 Å². The minimum Gasteiger partial charge on any atom is -0.475 e. The third kappa shape index (κ3) is 5.30. The molecule has 2 N–H and O–H groups in total. The van der Waals surface area contributed by atoms with Crippen molar-refractivity contribution in [2.75, 3.05) is 36.0 Å². The number of aliphatic hydroxyl groups excluding tert-OH is 1. The van der Waals surface area contributed by atoms with E-state index in [2.05, 4.69) is 14.6 Å². The summed E-state index contributed by atoms with van der Waals surface area (Å²) >= 11 is 6.29. The van der Waals surface area contributed by atoms with E-state index >= 15 is 0 Å². The summed E-state index contributed by atoms with van der Waals surface area (Å²) in [5, 5.41) is 10.1. The van der Waals surface area contributed by atoms with E-state index in [1.807, 2.05) is 17.0 Å². The maximum Gasteiger partial charge on any atom is 0.281 e. The van der Waals surface area contributed by atoms with Gasteiger partial charge < -0.3 is 19.6 Å². The van der Waals surface area contributed by atoms with Gasteiger partial charge in [-0.05, 0) is 55.4 Å². The standard InChI is InChI=1S/C26H31ClN4O5S.H2S/c27-19-7-8-21(31-14-17-3-1-4-18(17)15-31)22(13-19)36-26(10-11-26)25(33)29-37(34,35)24-6-2-5-23(28-24)30-12-9-20(32)16-30;/h2,5-8,13,17-18,20,32H,1,3-4,9-12,14-16H2,(H,29,33);1H2/t17?,18?,20-;/m0./s1. The van der Waals surface area contributed by atoms with Crippen molar-refractivity contribution in [3.63, 3.8) is 0 Å². The van der Waals surface area contributed by atoms with Gasteiger partial charge in [0.25, 0.3) is 15.9 Å². The third-order valence-electron chi connectivity index (χ3n) is 8.11. The summed E-state index contributed by atoms with van der Waals surface area (Å²) in [4.78, 5) is 21.6. The van der Waals surface area contributed by atoms with E-state index in [1.54, 1.807) is 18.2 Å². The smallest absolute Gasteiger partial charge is 0.281 e. The van der Waals surface area contributed by atoms with Crippen LogP contribution in [0.1, 0.15) is 38.5 Å². The van der Waals surface area contributed by atoms with Crippen LogP contribution in [0, 0.1) is 11.8 Å². The lowest BCUT2D eigenvalue weighted by atomic mass is 10.0. The Labute approximate surface area is 235 Å². The SMILES string of the molecule is O=C(NS(=O)(=O)c1cccc(N2CC[C@H](O)C2)n1)C1(Oc2cc(Cl)ccc2N2CC3CCCC3C2)CC1.S. The van der Waals surface area contributed by atoms with Crippen molar-refractivity contribution in [1.29, 1.82) is 0 Å². The Morgan fingerprint density at radius 1 is 1.08 bits per heavy atom. The Morgan fingerprint density at radius 3 is 2.47 bits per heavy atom. The van der Waals surface area contributed by atoms with Gasteiger partial charge in [0.2, 0.25) is 0 Å². The van der Waals surface area contributed by atoms with E-state index in [0.717, 1.165) is 18.8 Å². The number of anilines is 2. The average molecular weight is 581 g/mol. The molecular weight excluding hydrogens is 548 g/mol. The zero-order chi connectivity index (χ0) is 25.8. The Balaban J connectivity index is 0.00000294. The predicted octanol–water partition coefficient (Wildman–Crippen LogP) is 3.07. The molecule has 4 aliphatic rings. The fourth-order valence-corrected chi connectivity index (χ4v) is 7.08. The van der Waals surface area contributed by atoms with Gasteiger partial charge in [0.05, 0.1) is 11.8 Å². The number of nitrogens with zero attached hydrogens (tertiary/aromatic N) is 3. The van der Waals surface area contributed by atoms with Gasteiger partial charge in [-0.15, -0.1) is 0 Å². The van der Waals surface area contributed by atoms with Crippen LogP contribution >= 0.6 is 25.1 Å². The van der Waals surface area contributed by atoms with Crippen molar-refractivity contribution >= 4 is 52.5 Å². The van der Waals surface area contributed by atoms with Crippen molar-refractivity contribution < 1.29 is 23.1 Å². The first-order valence-corrected chi connectivity index (χ1v) is 14.8. The molecule has 2 unspecified atom stereocenters. The molecular formula is C26H33ClN4O5S2. The first kappa shape index (κ1) is 27.4. The molecule has 1 aromatic carbocycles. The summed E-state index contributed by atoms with van der Waals surface area (Å²) < 4.78 is 34.6. The Morgan fingerprint density at radius 2 is 1.82 bits per heavy atom. The second-order valence-corrected chi connectivity index (χ2v) is 12.8. The van der Waals surface area contributed by atoms with Crippen LogP contribution in [0.2, 0.25) is 5.02 Å². The topological polar surface area (TPSA) is 112 Å². The quantitative estimate of drug-likeness (QED) is 0.514. The summed E-state index contributed by atoms with van der Waals surface area (Å²) in [5.74, 6) is 1.60. The minimum absolute atomic E-state index is 0. The summed E-state index contributed by atoms with van der Waals surface area (Å²) in [7, 11) is -4.22. The summed E-state index contributed by atoms with van der Waals surface area (Å²) in [6, 6.07) is 10.1. The number of rotatable bonds is 7. The summed E-state index contributed by atoms with van der Waals surface area (Å²) in [5.41, 5.74) is -0.374. The van der Waals surface area contributed by atoms with E-state index < -0.39 is 27.6 Å². The number of aliphatic hydroxyl groups is 1. The summed E-state index contributed by atoms with van der Waals surface area (Å²) in [6.07, 6.45) is 4.70. The Hall–Kier alpha value is -2.21. The molecule has 4 fully saturated rings. The molecule has 1 aromatic heterocycles. The van der Waals surface area contributed by atoms with Crippen molar-refractivity contribution in [2.45, 2.75) is 55.3 Å². The molecule has 0 bridgehead atoms. The molecule has 2 saturated heterocycles. The van der Waals surface area contributed by atoms with Crippen molar-refractivity contribution in [3.05, 3.63) is 41.4 Å². The first-order valence-electron chi connectivity index (χ1n) is 12.9. The normalized spacial score (nSPS) is 25.6. The number of fused-ring (bicyclic) bond motifs is 1. The van der Waals surface area contributed by atoms with Crippen LogP contribution in [-0.2, 0) is 14.8 Å². The molecule has 12 heteroatoms. The third-order valence-corrected chi connectivity index (χ3v) is 9.58. The molecule has 2 aliphatic heterocycles. The van der Waals surface area contributed by atoms with Crippen molar-refractivity contribution in [3.8, 4) is 5.75 Å². The molecule has 2 saturated carbocycles. The number of carbonyl (C=O) groups is 1. The van der Waals surface area contributed by atoms with Gasteiger partial charge in [-0.25, -0.2) is 9.71 Å². The molecule has 9 nitrogen and oxygen atoms in total. The molecule has 0 radical (unpaired) electrons. The van der Waals surface area contributed by atoms with Crippen LogP contribution in [0.4, 0.5) is 11.5 Å². The van der Waals surface area contributed by atoms with Crippen LogP contribution in [0.15, 0.2) is 41.4 Å². The van der Waals surface area contributed by atoms with E-state index in [4.69, 9.17) is 16.3 Å². The zero-order valence-corrected chi connectivity index (χ0v) is 23.5. The van der Waals surface area contributed by atoms with E-state index in [-0.39, 0.29) is 18.5 Å². The molecule has 38 heavy (non-hydrogen) atoms. The molecule has 1 amide bonds. The second kappa shape index (κ2) is 10.4. The van der Waals surface area contributed by atoms with Gasteiger partial charge in [0.1, 0.15) is 11.6 Å². The molecule has 206 valence electrons. The number of hydrogen-bond donors (Lipinski definition) is 2. The highest BCUT2D eigenvalue weighted by atomic mass is 35.5. The van der Waals surface area contributed by atoms with Gasteiger partial charge >= 0.3 is 0 Å². The number of β-amino-alcohol motifs (C(OH)–C–C–N with tert-alkyl or cyclic N) is 1. The molecule has 2 aromatic rings. The number of sulfonamides is 1. The number of halogens is 1. The van der Waals surface area contributed by atoms with E-state index in [0.29, 0.717) is 60.8 Å². The highest BCUT2D eigenvalue weighted by Crippen LogP contribution is 2.47. The maximum absolute atomic E-state index is 13.2. The monoisotopic (exact) mass is 580 g/mol. The number of aromatic nitrogens is 1. The van der Waals surface area contributed by atoms with Crippen LogP contribution in [0.25, 0.3) is 0 Å². The fraction of sp³-hybridized carbons (Fsp3) is 0.538. The number of nitrogens with one attached hydrogen (secondary N) is 1. The Kier molecular flexibility index (Phi) is 7.49. The lowest BCUT2D eigenvalue weighted by molar-refractivity contribution is -0.127. The lowest BCUT2D eigenvalue weighted by Gasteiger charge is -2.26. The van der Waals surface area contributed by atoms with Crippen molar-refractivity contribution in [2.24, 2.45) is 11.8 Å². The fourth-order valence-electron chi connectivity index (χ4n) is 5.91. The number of carbonyl (C=O) groups excluding carboxylic acids is 1. The Bertz CT molecular complexity index is 1310. The van der Waals surface area contributed by atoms with Gasteiger partial charge in [0, 0.05) is 50.1 Å². The second-order valence-electron chi connectivity index (χ2n) is 10.7. The highest BCUT2D eigenvalue weighted by Gasteiger charge is 2.55. The molecule has 3 heterocycles. The van der Waals surface area contributed by atoms with E-state index in [9.17, 15) is 18.3 Å². The number of amides is 1. The first-order chi connectivity index (χ1) is 17.7. The summed E-state index contributed by atoms with van der Waals surface area (Å²) in [6.45, 7) is 2.88. The van der Waals surface area contributed by atoms with Gasteiger partial charge in [-0.1, -0.05) is 24.1 Å². The lowest BCUT2D eigenvalue weighted by Crippen LogP contribution is -2.43. The van der Waals surface area contributed by atoms with Crippen LogP contribution in [0.3, 0.4) is 0 Å². The number of pyridine rings is 1. The average Bonchev–Trinajstić information content (AvgIpc) is 3.16. The largest absolute Gasteiger partial charge is 0.475 e.